The minimum atomic E-state index is -3.85. The van der Waals surface area contributed by atoms with Crippen LogP contribution in [0.2, 0.25) is 0 Å². The number of anilines is 1. The average Bonchev–Trinajstić information content (AvgIpc) is 2.87. The third-order valence-corrected chi connectivity index (χ3v) is 7.35. The molecule has 0 fully saturated rings. The molecule has 0 bridgehead atoms. The zero-order chi connectivity index (χ0) is 24.0. The van der Waals surface area contributed by atoms with Gasteiger partial charge in [0, 0.05) is 6.54 Å². The number of carbonyl (C=O) groups is 1. The van der Waals surface area contributed by atoms with E-state index < -0.39 is 16.1 Å². The highest BCUT2D eigenvalue weighted by molar-refractivity contribution is 7.92. The average molecular weight is 481 g/mol. The first-order valence-electron chi connectivity index (χ1n) is 11.3. The Hall–Kier alpha value is -3.52. The largest absolute Gasteiger partial charge is 0.494 e. The third kappa shape index (κ3) is 5.17. The van der Waals surface area contributed by atoms with E-state index in [9.17, 15) is 13.2 Å². The summed E-state index contributed by atoms with van der Waals surface area (Å²) < 4.78 is 39.5. The summed E-state index contributed by atoms with van der Waals surface area (Å²) in [5.41, 5.74) is 1.50. The van der Waals surface area contributed by atoms with E-state index in [-0.39, 0.29) is 17.3 Å². The molecule has 4 rings (SSSR count). The summed E-state index contributed by atoms with van der Waals surface area (Å²) in [5, 5.41) is 2.89. The predicted octanol–water partition coefficient (Wildman–Crippen LogP) is 3.79. The molecule has 0 unspecified atom stereocenters. The Labute approximate surface area is 200 Å². The summed E-state index contributed by atoms with van der Waals surface area (Å²) in [6, 6.07) is 22.9. The summed E-state index contributed by atoms with van der Waals surface area (Å²) in [7, 11) is -3.85. The number of nitrogens with one attached hydrogen (secondary N) is 1. The van der Waals surface area contributed by atoms with Crippen molar-refractivity contribution in [2.24, 2.45) is 0 Å². The Morgan fingerprint density at radius 2 is 1.74 bits per heavy atom. The lowest BCUT2D eigenvalue weighted by molar-refractivity contribution is -0.127. The number of carbonyl (C=O) groups excluding carboxylic acids is 1. The van der Waals surface area contributed by atoms with Crippen LogP contribution in [-0.4, -0.2) is 40.1 Å². The second kappa shape index (κ2) is 10.6. The molecule has 1 aliphatic heterocycles. The molecule has 0 spiro atoms. The molecule has 1 N–H and O–H groups in total. The van der Waals surface area contributed by atoms with E-state index in [2.05, 4.69) is 5.32 Å². The van der Waals surface area contributed by atoms with Gasteiger partial charge in [-0.2, -0.15) is 0 Å². The van der Waals surface area contributed by atoms with Gasteiger partial charge in [-0.1, -0.05) is 48.5 Å². The van der Waals surface area contributed by atoms with E-state index in [1.54, 1.807) is 54.6 Å². The van der Waals surface area contributed by atoms with Crippen LogP contribution < -0.4 is 19.1 Å². The topological polar surface area (TPSA) is 84.9 Å². The van der Waals surface area contributed by atoms with E-state index in [0.717, 1.165) is 17.7 Å². The molecule has 0 aliphatic carbocycles. The SMILES string of the molecule is CCOc1ccccc1CCCNC(=O)[C@@H]1CN(S(=O)(=O)c2ccccc2)c2ccccc2O1. The maximum Gasteiger partial charge on any atom is 0.264 e. The number of ether oxygens (including phenoxy) is 2. The number of nitrogens with zero attached hydrogens (tertiary/aromatic N) is 1. The van der Waals surface area contributed by atoms with E-state index in [0.29, 0.717) is 31.0 Å². The van der Waals surface area contributed by atoms with Gasteiger partial charge in [0.2, 0.25) is 0 Å². The smallest absolute Gasteiger partial charge is 0.264 e. The Kier molecular flexibility index (Phi) is 7.37. The fraction of sp³-hybridized carbons (Fsp3) is 0.269. The molecule has 3 aromatic carbocycles. The van der Waals surface area contributed by atoms with Crippen LogP contribution in [0.25, 0.3) is 0 Å². The minimum Gasteiger partial charge on any atom is -0.494 e. The van der Waals surface area contributed by atoms with Gasteiger partial charge in [0.1, 0.15) is 11.5 Å². The molecule has 1 heterocycles. The number of amides is 1. The lowest BCUT2D eigenvalue weighted by Crippen LogP contribution is -2.50. The molecule has 178 valence electrons. The molecule has 1 amide bonds. The first kappa shape index (κ1) is 23.6. The molecular weight excluding hydrogens is 452 g/mol. The number of hydrogen-bond acceptors (Lipinski definition) is 5. The van der Waals surface area contributed by atoms with Crippen LogP contribution in [0, 0.1) is 0 Å². The monoisotopic (exact) mass is 480 g/mol. The summed E-state index contributed by atoms with van der Waals surface area (Å²) in [6.07, 6.45) is 0.508. The molecule has 1 atom stereocenters. The van der Waals surface area contributed by atoms with Crippen molar-refractivity contribution in [1.29, 1.82) is 0 Å². The molecule has 3 aromatic rings. The summed E-state index contributed by atoms with van der Waals surface area (Å²) in [4.78, 5) is 13.1. The zero-order valence-corrected chi connectivity index (χ0v) is 19.8. The van der Waals surface area contributed by atoms with Crippen molar-refractivity contribution in [1.82, 2.24) is 5.32 Å². The fourth-order valence-electron chi connectivity index (χ4n) is 3.90. The quantitative estimate of drug-likeness (QED) is 0.471. The maximum absolute atomic E-state index is 13.3. The third-order valence-electron chi connectivity index (χ3n) is 5.55. The van der Waals surface area contributed by atoms with Crippen molar-refractivity contribution in [3.63, 3.8) is 0 Å². The number of benzene rings is 3. The number of aryl methyl sites for hydroxylation is 1. The molecule has 7 nitrogen and oxygen atoms in total. The first-order valence-corrected chi connectivity index (χ1v) is 12.8. The summed E-state index contributed by atoms with van der Waals surface area (Å²) >= 11 is 0. The van der Waals surface area contributed by atoms with Gasteiger partial charge in [-0.15, -0.1) is 0 Å². The van der Waals surface area contributed by atoms with E-state index in [4.69, 9.17) is 9.47 Å². The van der Waals surface area contributed by atoms with Crippen LogP contribution in [0.1, 0.15) is 18.9 Å². The van der Waals surface area contributed by atoms with Crippen molar-refractivity contribution in [3.8, 4) is 11.5 Å². The van der Waals surface area contributed by atoms with E-state index >= 15 is 0 Å². The van der Waals surface area contributed by atoms with E-state index in [1.165, 1.54) is 4.31 Å². The lowest BCUT2D eigenvalue weighted by atomic mass is 10.1. The molecule has 0 radical (unpaired) electrons. The zero-order valence-electron chi connectivity index (χ0n) is 19.0. The first-order chi connectivity index (χ1) is 16.5. The normalized spacial score (nSPS) is 15.2. The Morgan fingerprint density at radius 1 is 1.03 bits per heavy atom. The second-order valence-electron chi connectivity index (χ2n) is 7.86. The molecule has 34 heavy (non-hydrogen) atoms. The molecule has 0 saturated heterocycles. The molecule has 0 aromatic heterocycles. The highest BCUT2D eigenvalue weighted by atomic mass is 32.2. The standard InChI is InChI=1S/C26H28N2O5S/c1-2-32-23-16-8-6-11-20(23)12-10-18-27-26(29)25-19-28(22-15-7-9-17-24(22)33-25)34(30,31)21-13-4-3-5-14-21/h3-9,11,13-17,25H,2,10,12,18-19H2,1H3,(H,27,29)/t25-/m0/s1. The Bertz CT molecular complexity index is 1230. The van der Waals surface area contributed by atoms with Gasteiger partial charge in [0.05, 0.1) is 23.7 Å². The van der Waals surface area contributed by atoms with Gasteiger partial charge in [0.15, 0.2) is 6.10 Å². The van der Waals surface area contributed by atoms with Crippen LogP contribution in [0.4, 0.5) is 5.69 Å². The van der Waals surface area contributed by atoms with Crippen molar-refractivity contribution in [2.45, 2.75) is 30.8 Å². The molecular formula is C26H28N2O5S. The second-order valence-corrected chi connectivity index (χ2v) is 9.72. The van der Waals surface area contributed by atoms with Crippen LogP contribution >= 0.6 is 0 Å². The lowest BCUT2D eigenvalue weighted by Gasteiger charge is -2.34. The van der Waals surface area contributed by atoms with Crippen LogP contribution in [0.15, 0.2) is 83.8 Å². The summed E-state index contributed by atoms with van der Waals surface area (Å²) in [5.74, 6) is 0.866. The minimum absolute atomic E-state index is 0.104. The number of sulfonamides is 1. The molecule has 8 heteroatoms. The number of hydrogen-bond donors (Lipinski definition) is 1. The van der Waals surface area contributed by atoms with Crippen LogP contribution in [0.5, 0.6) is 11.5 Å². The summed E-state index contributed by atoms with van der Waals surface area (Å²) in [6.45, 7) is 2.87. The van der Waals surface area contributed by atoms with E-state index in [1.807, 2.05) is 31.2 Å². The number of rotatable bonds is 9. The van der Waals surface area contributed by atoms with Crippen molar-refractivity contribution >= 4 is 21.6 Å². The fourth-order valence-corrected chi connectivity index (χ4v) is 5.39. The van der Waals surface area contributed by atoms with Gasteiger partial charge in [-0.05, 0) is 55.7 Å². The Morgan fingerprint density at radius 3 is 2.53 bits per heavy atom. The van der Waals surface area contributed by atoms with Gasteiger partial charge < -0.3 is 14.8 Å². The van der Waals surface area contributed by atoms with Crippen molar-refractivity contribution < 1.29 is 22.7 Å². The van der Waals surface area contributed by atoms with Crippen LogP contribution in [0.3, 0.4) is 0 Å². The van der Waals surface area contributed by atoms with Gasteiger partial charge in [0.25, 0.3) is 15.9 Å². The molecule has 1 aliphatic rings. The Balaban J connectivity index is 1.43. The molecule has 0 saturated carbocycles. The maximum atomic E-state index is 13.3. The van der Waals surface area contributed by atoms with Crippen LogP contribution in [-0.2, 0) is 21.2 Å². The van der Waals surface area contributed by atoms with Gasteiger partial charge >= 0.3 is 0 Å². The van der Waals surface area contributed by atoms with Gasteiger partial charge in [-0.3, -0.25) is 9.10 Å². The highest BCUT2D eigenvalue weighted by Crippen LogP contribution is 2.36. The number of para-hydroxylation sites is 3. The van der Waals surface area contributed by atoms with Gasteiger partial charge in [-0.25, -0.2) is 8.42 Å². The number of fused-ring (bicyclic) bond motifs is 1. The van der Waals surface area contributed by atoms with Crippen molar-refractivity contribution in [3.05, 3.63) is 84.4 Å². The van der Waals surface area contributed by atoms with Crippen molar-refractivity contribution in [2.75, 3.05) is 24.0 Å². The highest BCUT2D eigenvalue weighted by Gasteiger charge is 2.37. The predicted molar refractivity (Wildman–Crippen MR) is 131 cm³/mol.